The van der Waals surface area contributed by atoms with Crippen LogP contribution in [-0.4, -0.2) is 31.4 Å². The van der Waals surface area contributed by atoms with Crippen LogP contribution in [0, 0.1) is 0 Å². The summed E-state index contributed by atoms with van der Waals surface area (Å²) in [7, 11) is 0. The zero-order valence-electron chi connectivity index (χ0n) is 20.3. The van der Waals surface area contributed by atoms with Crippen LogP contribution in [-0.2, 0) is 17.8 Å². The SMILES string of the molecule is CCc1ccc(NC(=O)CSc2nnc(-c3cc(-c4ccccc4)nc4ccccc34)n2CC)cc1. The molecule has 5 rings (SSSR count). The van der Waals surface area contributed by atoms with Gasteiger partial charge in [0.05, 0.1) is 17.0 Å². The summed E-state index contributed by atoms with van der Waals surface area (Å²) in [6.07, 6.45) is 0.971. The average Bonchev–Trinajstić information content (AvgIpc) is 3.35. The number of aryl methyl sites for hydroxylation is 1. The molecule has 7 heteroatoms. The number of benzene rings is 3. The number of hydrogen-bond donors (Lipinski definition) is 1. The van der Waals surface area contributed by atoms with Gasteiger partial charge in [-0.25, -0.2) is 4.98 Å². The Kier molecular flexibility index (Phi) is 7.09. The van der Waals surface area contributed by atoms with Gasteiger partial charge >= 0.3 is 0 Å². The van der Waals surface area contributed by atoms with Crippen LogP contribution in [0.25, 0.3) is 33.5 Å². The fourth-order valence-electron chi connectivity index (χ4n) is 4.15. The van der Waals surface area contributed by atoms with Gasteiger partial charge in [-0.15, -0.1) is 10.2 Å². The Bertz CT molecular complexity index is 1500. The Balaban J connectivity index is 1.42. The lowest BCUT2D eigenvalue weighted by Crippen LogP contribution is -2.14. The molecule has 0 fully saturated rings. The maximum atomic E-state index is 12.6. The van der Waals surface area contributed by atoms with Crippen molar-refractivity contribution >= 4 is 34.3 Å². The first-order valence-electron chi connectivity index (χ1n) is 12.1. The summed E-state index contributed by atoms with van der Waals surface area (Å²) in [5, 5.41) is 13.7. The quantitative estimate of drug-likeness (QED) is 0.251. The first-order valence-corrected chi connectivity index (χ1v) is 13.0. The van der Waals surface area contributed by atoms with Crippen LogP contribution >= 0.6 is 11.8 Å². The monoisotopic (exact) mass is 493 g/mol. The third-order valence-electron chi connectivity index (χ3n) is 6.04. The van der Waals surface area contributed by atoms with Crippen LogP contribution in [0.5, 0.6) is 0 Å². The maximum Gasteiger partial charge on any atom is 0.234 e. The normalized spacial score (nSPS) is 11.1. The number of carbonyl (C=O) groups is 1. The smallest absolute Gasteiger partial charge is 0.234 e. The minimum absolute atomic E-state index is 0.0721. The Morgan fingerprint density at radius 1 is 0.917 bits per heavy atom. The van der Waals surface area contributed by atoms with E-state index in [4.69, 9.17) is 4.98 Å². The Labute approximate surface area is 214 Å². The molecule has 0 aliphatic heterocycles. The Morgan fingerprint density at radius 2 is 1.67 bits per heavy atom. The van der Waals surface area contributed by atoms with Crippen LogP contribution in [0.15, 0.2) is 90.1 Å². The number of nitrogens with zero attached hydrogens (tertiary/aromatic N) is 4. The molecule has 0 radical (unpaired) electrons. The zero-order chi connectivity index (χ0) is 24.9. The minimum atomic E-state index is -0.0721. The van der Waals surface area contributed by atoms with Crippen LogP contribution in [0.1, 0.15) is 19.4 Å². The molecule has 5 aromatic rings. The lowest BCUT2D eigenvalue weighted by Gasteiger charge is -2.12. The highest BCUT2D eigenvalue weighted by Gasteiger charge is 2.18. The fraction of sp³-hybridized carbons (Fsp3) is 0.172. The van der Waals surface area contributed by atoms with Crippen LogP contribution in [0.4, 0.5) is 5.69 Å². The first kappa shape index (κ1) is 23.8. The van der Waals surface area contributed by atoms with E-state index in [9.17, 15) is 4.79 Å². The largest absolute Gasteiger partial charge is 0.325 e. The maximum absolute atomic E-state index is 12.6. The Morgan fingerprint density at radius 3 is 2.42 bits per heavy atom. The lowest BCUT2D eigenvalue weighted by molar-refractivity contribution is -0.113. The molecule has 1 amide bonds. The van der Waals surface area contributed by atoms with E-state index in [1.54, 1.807) is 0 Å². The second-order valence-electron chi connectivity index (χ2n) is 8.38. The van der Waals surface area contributed by atoms with E-state index in [2.05, 4.69) is 58.2 Å². The van der Waals surface area contributed by atoms with Crippen molar-refractivity contribution in [2.45, 2.75) is 32.0 Å². The second-order valence-corrected chi connectivity index (χ2v) is 9.32. The topological polar surface area (TPSA) is 72.7 Å². The van der Waals surface area contributed by atoms with Crippen molar-refractivity contribution in [2.24, 2.45) is 0 Å². The highest BCUT2D eigenvalue weighted by Crippen LogP contribution is 2.33. The Hall–Kier alpha value is -3.97. The number of rotatable bonds is 8. The summed E-state index contributed by atoms with van der Waals surface area (Å²) in [5.41, 5.74) is 5.85. The molecule has 0 aliphatic carbocycles. The zero-order valence-corrected chi connectivity index (χ0v) is 21.1. The van der Waals surface area contributed by atoms with Gasteiger partial charge in [-0.3, -0.25) is 4.79 Å². The van der Waals surface area contributed by atoms with Gasteiger partial charge in [-0.1, -0.05) is 79.3 Å². The number of aromatic nitrogens is 4. The number of amides is 1. The predicted octanol–water partition coefficient (Wildman–Crippen LogP) is 6.47. The van der Waals surface area contributed by atoms with Crippen molar-refractivity contribution in [3.05, 3.63) is 90.5 Å². The van der Waals surface area contributed by atoms with E-state index in [0.29, 0.717) is 11.7 Å². The average molecular weight is 494 g/mol. The van der Waals surface area contributed by atoms with Gasteiger partial charge in [-0.2, -0.15) is 0 Å². The molecule has 3 aromatic carbocycles. The number of pyridine rings is 1. The van der Waals surface area contributed by atoms with Crippen molar-refractivity contribution in [3.8, 4) is 22.6 Å². The number of fused-ring (bicyclic) bond motifs is 1. The highest BCUT2D eigenvalue weighted by atomic mass is 32.2. The summed E-state index contributed by atoms with van der Waals surface area (Å²) in [6.45, 7) is 4.86. The number of para-hydroxylation sites is 1. The van der Waals surface area contributed by atoms with Crippen LogP contribution in [0.3, 0.4) is 0 Å². The van der Waals surface area contributed by atoms with Gasteiger partial charge < -0.3 is 9.88 Å². The summed E-state index contributed by atoms with van der Waals surface area (Å²) in [5.74, 6) is 0.948. The molecule has 0 saturated carbocycles. The molecule has 0 atom stereocenters. The van der Waals surface area contributed by atoms with Gasteiger partial charge in [0, 0.05) is 28.7 Å². The predicted molar refractivity (Wildman–Crippen MR) is 147 cm³/mol. The van der Waals surface area contributed by atoms with E-state index >= 15 is 0 Å². The van der Waals surface area contributed by atoms with Gasteiger partial charge in [-0.05, 0) is 43.2 Å². The van der Waals surface area contributed by atoms with Crippen molar-refractivity contribution in [1.29, 1.82) is 0 Å². The highest BCUT2D eigenvalue weighted by molar-refractivity contribution is 7.99. The first-order chi connectivity index (χ1) is 17.7. The van der Waals surface area contributed by atoms with Gasteiger partial charge in [0.25, 0.3) is 0 Å². The third-order valence-corrected chi connectivity index (χ3v) is 7.00. The fourth-order valence-corrected chi connectivity index (χ4v) is 4.95. The molecular weight excluding hydrogens is 466 g/mol. The molecule has 180 valence electrons. The molecule has 1 N–H and O–H groups in total. The molecule has 0 saturated heterocycles. The molecule has 0 unspecified atom stereocenters. The molecule has 2 heterocycles. The van der Waals surface area contributed by atoms with E-state index in [1.165, 1.54) is 17.3 Å². The number of hydrogen-bond acceptors (Lipinski definition) is 5. The molecule has 0 bridgehead atoms. The number of thioether (sulfide) groups is 1. The second kappa shape index (κ2) is 10.7. The molecular formula is C29H27N5OS. The van der Waals surface area contributed by atoms with Crippen molar-refractivity contribution in [3.63, 3.8) is 0 Å². The third kappa shape index (κ3) is 5.02. The number of carbonyl (C=O) groups excluding carboxylic acids is 1. The summed E-state index contributed by atoms with van der Waals surface area (Å²) < 4.78 is 2.06. The lowest BCUT2D eigenvalue weighted by atomic mass is 10.0. The van der Waals surface area contributed by atoms with E-state index in [0.717, 1.165) is 45.7 Å². The summed E-state index contributed by atoms with van der Waals surface area (Å²) in [6, 6.07) is 28.2. The summed E-state index contributed by atoms with van der Waals surface area (Å²) in [4.78, 5) is 17.5. The van der Waals surface area contributed by atoms with Gasteiger partial charge in [0.15, 0.2) is 11.0 Å². The van der Waals surface area contributed by atoms with E-state index < -0.39 is 0 Å². The van der Waals surface area contributed by atoms with Crippen LogP contribution in [0.2, 0.25) is 0 Å². The van der Waals surface area contributed by atoms with Gasteiger partial charge in [0.2, 0.25) is 5.91 Å². The molecule has 6 nitrogen and oxygen atoms in total. The van der Waals surface area contributed by atoms with E-state index in [1.807, 2.05) is 60.7 Å². The van der Waals surface area contributed by atoms with Crippen LogP contribution < -0.4 is 5.32 Å². The molecule has 0 spiro atoms. The van der Waals surface area contributed by atoms with Gasteiger partial charge in [0.1, 0.15) is 0 Å². The number of nitrogens with one attached hydrogen (secondary N) is 1. The standard InChI is InChI=1S/C29H27N5OS/c1-3-20-14-16-22(17-15-20)30-27(35)19-36-29-33-32-28(34(29)4-2)24-18-26(21-10-6-5-7-11-21)31-25-13-9-8-12-23(24)25/h5-18H,3-4,19H2,1-2H3,(H,30,35). The van der Waals surface area contributed by atoms with E-state index in [-0.39, 0.29) is 11.7 Å². The summed E-state index contributed by atoms with van der Waals surface area (Å²) >= 11 is 1.39. The minimum Gasteiger partial charge on any atom is -0.325 e. The van der Waals surface area contributed by atoms with Crippen molar-refractivity contribution in [1.82, 2.24) is 19.7 Å². The molecule has 2 aromatic heterocycles. The molecule has 0 aliphatic rings. The van der Waals surface area contributed by atoms with Crippen molar-refractivity contribution in [2.75, 3.05) is 11.1 Å². The molecule has 36 heavy (non-hydrogen) atoms. The number of anilines is 1. The van der Waals surface area contributed by atoms with Crippen molar-refractivity contribution < 1.29 is 4.79 Å².